The lowest BCUT2D eigenvalue weighted by molar-refractivity contribution is 1.12. The van der Waals surface area contributed by atoms with Crippen LogP contribution in [0.15, 0.2) is 29.0 Å². The summed E-state index contributed by atoms with van der Waals surface area (Å²) in [6.07, 6.45) is 1.41. The van der Waals surface area contributed by atoms with E-state index in [4.69, 9.17) is 17.4 Å². The van der Waals surface area contributed by atoms with Gasteiger partial charge in [0.1, 0.15) is 16.6 Å². The van der Waals surface area contributed by atoms with Gasteiger partial charge < -0.3 is 10.7 Å². The number of nitrogens with zero attached hydrogens (tertiary/aromatic N) is 2. The first kappa shape index (κ1) is 13.1. The minimum atomic E-state index is 0.496. The van der Waals surface area contributed by atoms with Gasteiger partial charge in [-0.05, 0) is 40.5 Å². The molecule has 18 heavy (non-hydrogen) atoms. The summed E-state index contributed by atoms with van der Waals surface area (Å²) in [7, 11) is 0. The van der Waals surface area contributed by atoms with Gasteiger partial charge in [0.05, 0.1) is 10.7 Å². The quantitative estimate of drug-likeness (QED) is 0.596. The van der Waals surface area contributed by atoms with Crippen LogP contribution >= 0.6 is 27.5 Å². The lowest BCUT2D eigenvalue weighted by Gasteiger charge is -2.11. The Bertz CT molecular complexity index is 575. The molecule has 0 spiro atoms. The summed E-state index contributed by atoms with van der Waals surface area (Å²) >= 11 is 9.51. The highest BCUT2D eigenvalue weighted by atomic mass is 79.9. The second-order valence-electron chi connectivity index (χ2n) is 3.64. The Morgan fingerprint density at radius 3 is 2.67 bits per heavy atom. The topological polar surface area (TPSA) is 75.9 Å². The number of nitrogens with one attached hydrogen (secondary N) is 2. The maximum Gasteiger partial charge on any atom is 0.159 e. The number of halogens is 2. The summed E-state index contributed by atoms with van der Waals surface area (Å²) in [6.45, 7) is 1.98. The summed E-state index contributed by atoms with van der Waals surface area (Å²) in [5.41, 5.74) is 4.34. The third kappa shape index (κ3) is 2.72. The Labute approximate surface area is 118 Å². The first-order chi connectivity index (χ1) is 8.61. The van der Waals surface area contributed by atoms with Crippen LogP contribution in [0.5, 0.6) is 0 Å². The number of rotatable bonds is 3. The van der Waals surface area contributed by atoms with Crippen molar-refractivity contribution in [3.63, 3.8) is 0 Å². The molecule has 0 fully saturated rings. The average molecular weight is 329 g/mol. The molecular formula is C11H11BrClN5. The van der Waals surface area contributed by atoms with Crippen molar-refractivity contribution in [1.29, 1.82) is 0 Å². The second-order valence-corrected chi connectivity index (χ2v) is 4.84. The van der Waals surface area contributed by atoms with Crippen LogP contribution in [0.2, 0.25) is 5.02 Å². The smallest absolute Gasteiger partial charge is 0.159 e. The number of hydrogen-bond acceptors (Lipinski definition) is 5. The van der Waals surface area contributed by atoms with Crippen molar-refractivity contribution in [2.75, 3.05) is 10.7 Å². The molecule has 0 aliphatic heterocycles. The molecule has 4 N–H and O–H groups in total. The van der Waals surface area contributed by atoms with E-state index in [2.05, 4.69) is 36.6 Å². The van der Waals surface area contributed by atoms with Crippen LogP contribution in [0.25, 0.3) is 0 Å². The van der Waals surface area contributed by atoms with E-state index in [0.717, 1.165) is 11.3 Å². The van der Waals surface area contributed by atoms with Gasteiger partial charge in [0.2, 0.25) is 0 Å². The zero-order chi connectivity index (χ0) is 13.1. The molecule has 5 nitrogen and oxygen atoms in total. The molecule has 1 aromatic heterocycles. The van der Waals surface area contributed by atoms with Crippen LogP contribution in [0.4, 0.5) is 17.3 Å². The normalized spacial score (nSPS) is 10.2. The fourth-order valence-corrected chi connectivity index (χ4v) is 2.11. The number of hydrogen-bond donors (Lipinski definition) is 3. The molecule has 7 heteroatoms. The van der Waals surface area contributed by atoms with Crippen LogP contribution in [-0.2, 0) is 0 Å². The number of aromatic nitrogens is 2. The summed E-state index contributed by atoms with van der Waals surface area (Å²) in [5.74, 6) is 6.42. The van der Waals surface area contributed by atoms with Gasteiger partial charge in [-0.25, -0.2) is 15.8 Å². The number of aryl methyl sites for hydroxylation is 1. The fourth-order valence-electron chi connectivity index (χ4n) is 1.41. The van der Waals surface area contributed by atoms with E-state index in [1.807, 2.05) is 25.1 Å². The molecule has 0 atom stereocenters. The highest BCUT2D eigenvalue weighted by molar-refractivity contribution is 9.10. The Hall–Kier alpha value is -1.37. The number of hydrazine groups is 1. The second kappa shape index (κ2) is 5.51. The largest absolute Gasteiger partial charge is 0.338 e. The van der Waals surface area contributed by atoms with Crippen molar-refractivity contribution >= 4 is 44.9 Å². The minimum Gasteiger partial charge on any atom is -0.338 e. The van der Waals surface area contributed by atoms with Gasteiger partial charge in [-0.1, -0.05) is 17.7 Å². The van der Waals surface area contributed by atoms with Gasteiger partial charge in [0.25, 0.3) is 0 Å². The molecule has 0 radical (unpaired) electrons. The molecule has 0 saturated carbocycles. The predicted octanol–water partition coefficient (Wildman–Crippen LogP) is 3.23. The predicted molar refractivity (Wildman–Crippen MR) is 77.0 cm³/mol. The molecule has 1 aromatic carbocycles. The Kier molecular flexibility index (Phi) is 4.00. The molecule has 2 rings (SSSR count). The molecular weight excluding hydrogens is 318 g/mol. The number of nitrogen functional groups attached to an aromatic ring is 1. The van der Waals surface area contributed by atoms with E-state index in [1.165, 1.54) is 6.33 Å². The van der Waals surface area contributed by atoms with Crippen LogP contribution in [0, 0.1) is 6.92 Å². The van der Waals surface area contributed by atoms with E-state index >= 15 is 0 Å². The monoisotopic (exact) mass is 327 g/mol. The number of nitrogens with two attached hydrogens (primary N) is 1. The molecule has 94 valence electrons. The van der Waals surface area contributed by atoms with Crippen LogP contribution in [-0.4, -0.2) is 9.97 Å². The zero-order valence-electron chi connectivity index (χ0n) is 9.54. The number of benzene rings is 1. The van der Waals surface area contributed by atoms with E-state index in [1.54, 1.807) is 0 Å². The van der Waals surface area contributed by atoms with Gasteiger partial charge in [-0.3, -0.25) is 0 Å². The van der Waals surface area contributed by atoms with E-state index in [0.29, 0.717) is 21.1 Å². The van der Waals surface area contributed by atoms with Crippen molar-refractivity contribution in [3.8, 4) is 0 Å². The first-order valence-corrected chi connectivity index (χ1v) is 6.29. The van der Waals surface area contributed by atoms with E-state index in [9.17, 15) is 0 Å². The summed E-state index contributed by atoms with van der Waals surface area (Å²) in [4.78, 5) is 8.09. The molecule has 0 amide bonds. The van der Waals surface area contributed by atoms with Crippen molar-refractivity contribution < 1.29 is 0 Å². The van der Waals surface area contributed by atoms with Gasteiger partial charge in [-0.15, -0.1) is 0 Å². The Morgan fingerprint density at radius 1 is 1.28 bits per heavy atom. The van der Waals surface area contributed by atoms with Crippen LogP contribution < -0.4 is 16.6 Å². The van der Waals surface area contributed by atoms with Crippen LogP contribution in [0.1, 0.15) is 5.56 Å². The Balaban J connectivity index is 2.34. The maximum absolute atomic E-state index is 6.14. The molecule has 1 heterocycles. The molecule has 0 aliphatic rings. The Morgan fingerprint density at radius 2 is 2.00 bits per heavy atom. The SMILES string of the molecule is Cc1ccc(Nc2ncnc(NN)c2Br)c(Cl)c1. The van der Waals surface area contributed by atoms with E-state index < -0.39 is 0 Å². The summed E-state index contributed by atoms with van der Waals surface area (Å²) in [6, 6.07) is 5.73. The lowest BCUT2D eigenvalue weighted by Crippen LogP contribution is -2.10. The van der Waals surface area contributed by atoms with Gasteiger partial charge in [-0.2, -0.15) is 0 Å². The van der Waals surface area contributed by atoms with Gasteiger partial charge >= 0.3 is 0 Å². The van der Waals surface area contributed by atoms with Crippen molar-refractivity contribution in [1.82, 2.24) is 9.97 Å². The highest BCUT2D eigenvalue weighted by Gasteiger charge is 2.09. The number of anilines is 3. The first-order valence-electron chi connectivity index (χ1n) is 5.12. The fraction of sp³-hybridized carbons (Fsp3) is 0.0909. The molecule has 0 aliphatic carbocycles. The third-order valence-corrected chi connectivity index (χ3v) is 3.37. The van der Waals surface area contributed by atoms with Crippen molar-refractivity contribution in [2.24, 2.45) is 5.84 Å². The third-order valence-electron chi connectivity index (χ3n) is 2.30. The highest BCUT2D eigenvalue weighted by Crippen LogP contribution is 2.31. The lowest BCUT2D eigenvalue weighted by atomic mass is 10.2. The van der Waals surface area contributed by atoms with Crippen LogP contribution in [0.3, 0.4) is 0 Å². The van der Waals surface area contributed by atoms with Crippen molar-refractivity contribution in [3.05, 3.63) is 39.6 Å². The summed E-state index contributed by atoms with van der Waals surface area (Å²) in [5, 5.41) is 3.74. The summed E-state index contributed by atoms with van der Waals surface area (Å²) < 4.78 is 0.643. The van der Waals surface area contributed by atoms with Gasteiger partial charge in [0.15, 0.2) is 5.82 Å². The average Bonchev–Trinajstić information content (AvgIpc) is 2.35. The maximum atomic E-state index is 6.14. The molecule has 0 bridgehead atoms. The standard InChI is InChI=1S/C11H11BrClN5/c1-6-2-3-8(7(13)4-6)17-10-9(12)11(18-14)16-5-15-10/h2-5H,14H2,1H3,(H2,15,16,17,18). The minimum absolute atomic E-state index is 0.496. The van der Waals surface area contributed by atoms with Crippen molar-refractivity contribution in [2.45, 2.75) is 6.92 Å². The molecule has 0 unspecified atom stereocenters. The molecule has 0 saturated heterocycles. The van der Waals surface area contributed by atoms with E-state index in [-0.39, 0.29) is 0 Å². The zero-order valence-corrected chi connectivity index (χ0v) is 11.9. The molecule has 2 aromatic rings. The van der Waals surface area contributed by atoms with Gasteiger partial charge in [0, 0.05) is 0 Å².